The Kier molecular flexibility index (Phi) is 6.15. The second-order valence-electron chi connectivity index (χ2n) is 7.64. The number of hydrogen-bond donors (Lipinski definition) is 3. The molecule has 1 aromatic carbocycles. The van der Waals surface area contributed by atoms with Crippen LogP contribution in [0.25, 0.3) is 0 Å². The fourth-order valence-electron chi connectivity index (χ4n) is 3.23. The maximum absolute atomic E-state index is 12.2. The number of nitrogens with zero attached hydrogens (tertiary/aromatic N) is 1. The number of halogens is 1. The number of rotatable bonds is 5. The molecule has 2 aliphatic rings. The Hall–Kier alpha value is -2.25. The largest absolute Gasteiger partial charge is 0.326 e. The van der Waals surface area contributed by atoms with Crippen molar-refractivity contribution < 1.29 is 9.59 Å². The monoisotopic (exact) mass is 418 g/mol. The summed E-state index contributed by atoms with van der Waals surface area (Å²) in [5, 5.41) is 10.3. The molecular formula is C20H23ClN4O2S. The predicted octanol–water partition coefficient (Wildman–Crippen LogP) is 4.02. The molecule has 28 heavy (non-hydrogen) atoms. The van der Waals surface area contributed by atoms with Crippen LogP contribution < -0.4 is 16.1 Å². The molecule has 0 aromatic heterocycles. The highest BCUT2D eigenvalue weighted by Crippen LogP contribution is 2.32. The van der Waals surface area contributed by atoms with E-state index >= 15 is 0 Å². The summed E-state index contributed by atoms with van der Waals surface area (Å²) < 4.78 is 0. The van der Waals surface area contributed by atoms with Crippen molar-refractivity contribution in [2.45, 2.75) is 38.9 Å². The van der Waals surface area contributed by atoms with Crippen molar-refractivity contribution in [1.82, 2.24) is 10.7 Å². The molecule has 1 atom stereocenters. The summed E-state index contributed by atoms with van der Waals surface area (Å²) in [7, 11) is 0. The minimum atomic E-state index is -0.512. The standard InChI is InChI=1S/C20H23ClN4O2S/c1-12-8-15(11-20(2,3)10-12)24-25-19-23-18(27)16(28-19)9-17(26)22-14-6-4-13(21)5-7-14/h4-8,11,16,24H,9-10H2,1-3H3,(H,22,26)(H,23,25,27)/t16-/m1/s1. The van der Waals surface area contributed by atoms with Crippen LogP contribution in [0.15, 0.2) is 52.8 Å². The van der Waals surface area contributed by atoms with Crippen molar-refractivity contribution in [3.8, 4) is 0 Å². The fraction of sp³-hybridized carbons (Fsp3) is 0.350. The van der Waals surface area contributed by atoms with Gasteiger partial charge in [-0.3, -0.25) is 15.0 Å². The van der Waals surface area contributed by atoms with Crippen molar-refractivity contribution in [2.24, 2.45) is 10.5 Å². The lowest BCUT2D eigenvalue weighted by Gasteiger charge is -2.26. The highest BCUT2D eigenvalue weighted by molar-refractivity contribution is 8.15. The Balaban J connectivity index is 1.56. The van der Waals surface area contributed by atoms with Gasteiger partial charge in [0.1, 0.15) is 5.25 Å². The average Bonchev–Trinajstić information content (AvgIpc) is 2.93. The molecule has 8 heteroatoms. The molecule has 0 bridgehead atoms. The van der Waals surface area contributed by atoms with Crippen LogP contribution in [0.1, 0.15) is 33.6 Å². The summed E-state index contributed by atoms with van der Waals surface area (Å²) in [6.07, 6.45) is 5.24. The van der Waals surface area contributed by atoms with Gasteiger partial charge < -0.3 is 10.6 Å². The van der Waals surface area contributed by atoms with Crippen LogP contribution in [0.2, 0.25) is 5.02 Å². The molecule has 3 N–H and O–H groups in total. The number of nitrogens with one attached hydrogen (secondary N) is 3. The van der Waals surface area contributed by atoms with Gasteiger partial charge in [0.2, 0.25) is 11.8 Å². The predicted molar refractivity (Wildman–Crippen MR) is 115 cm³/mol. The Bertz CT molecular complexity index is 875. The van der Waals surface area contributed by atoms with Crippen LogP contribution in [-0.4, -0.2) is 22.2 Å². The lowest BCUT2D eigenvalue weighted by atomic mass is 9.82. The number of carbonyl (C=O) groups excluding carboxylic acids is 2. The first-order chi connectivity index (χ1) is 13.2. The van der Waals surface area contributed by atoms with Crippen LogP contribution in [-0.2, 0) is 9.59 Å². The third kappa shape index (κ3) is 5.62. The van der Waals surface area contributed by atoms with Gasteiger partial charge in [-0.1, -0.05) is 48.9 Å². The Morgan fingerprint density at radius 1 is 1.36 bits per heavy atom. The molecule has 1 aliphatic carbocycles. The zero-order valence-corrected chi connectivity index (χ0v) is 17.6. The number of carbonyl (C=O) groups is 2. The second-order valence-corrected chi connectivity index (χ2v) is 9.27. The summed E-state index contributed by atoms with van der Waals surface area (Å²) in [4.78, 5) is 24.4. The van der Waals surface area contributed by atoms with Gasteiger partial charge in [0, 0.05) is 17.1 Å². The van der Waals surface area contributed by atoms with Gasteiger partial charge in [0.15, 0.2) is 5.17 Å². The van der Waals surface area contributed by atoms with Gasteiger partial charge in [0.05, 0.1) is 5.70 Å². The molecule has 148 valence electrons. The Morgan fingerprint density at radius 2 is 2.07 bits per heavy atom. The maximum atomic E-state index is 12.2. The first-order valence-electron chi connectivity index (χ1n) is 8.97. The normalized spacial score (nSPS) is 22.4. The van der Waals surface area contributed by atoms with E-state index in [4.69, 9.17) is 11.6 Å². The quantitative estimate of drug-likeness (QED) is 0.630. The van der Waals surface area contributed by atoms with E-state index in [2.05, 4.69) is 48.0 Å². The molecule has 1 fully saturated rings. The highest BCUT2D eigenvalue weighted by Gasteiger charge is 2.32. The number of benzene rings is 1. The van der Waals surface area contributed by atoms with Gasteiger partial charge in [-0.15, -0.1) is 5.10 Å². The van der Waals surface area contributed by atoms with Crippen LogP contribution >= 0.6 is 23.4 Å². The van der Waals surface area contributed by atoms with Gasteiger partial charge in [-0.25, -0.2) is 0 Å². The topological polar surface area (TPSA) is 82.6 Å². The third-order valence-corrected chi connectivity index (χ3v) is 5.58. The van der Waals surface area contributed by atoms with E-state index in [9.17, 15) is 9.59 Å². The van der Waals surface area contributed by atoms with Gasteiger partial charge in [-0.05, 0) is 49.1 Å². The van der Waals surface area contributed by atoms with Crippen molar-refractivity contribution in [3.63, 3.8) is 0 Å². The zero-order valence-electron chi connectivity index (χ0n) is 16.0. The van der Waals surface area contributed by atoms with E-state index in [0.717, 1.165) is 12.1 Å². The molecule has 1 saturated heterocycles. The van der Waals surface area contributed by atoms with Crippen LogP contribution in [0, 0.1) is 5.41 Å². The number of thioether (sulfide) groups is 1. The van der Waals surface area contributed by atoms with Crippen LogP contribution in [0.3, 0.4) is 0 Å². The molecule has 2 amide bonds. The molecule has 1 heterocycles. The number of anilines is 1. The van der Waals surface area contributed by atoms with Gasteiger partial charge in [0.25, 0.3) is 0 Å². The lowest BCUT2D eigenvalue weighted by Crippen LogP contribution is -2.28. The number of hydrazone groups is 1. The molecule has 0 saturated carbocycles. The lowest BCUT2D eigenvalue weighted by molar-refractivity contribution is -0.122. The summed E-state index contributed by atoms with van der Waals surface area (Å²) in [5.74, 6) is -0.457. The molecule has 0 radical (unpaired) electrons. The smallest absolute Gasteiger partial charge is 0.240 e. The van der Waals surface area contributed by atoms with Crippen molar-refractivity contribution in [3.05, 3.63) is 52.7 Å². The molecule has 0 unspecified atom stereocenters. The zero-order chi connectivity index (χ0) is 20.3. The first kappa shape index (κ1) is 20.5. The minimum absolute atomic E-state index is 0.0624. The van der Waals surface area contributed by atoms with Gasteiger partial charge >= 0.3 is 0 Å². The van der Waals surface area contributed by atoms with E-state index in [-0.39, 0.29) is 23.7 Å². The number of amidine groups is 1. The van der Waals surface area contributed by atoms with E-state index < -0.39 is 5.25 Å². The van der Waals surface area contributed by atoms with E-state index in [0.29, 0.717) is 15.9 Å². The molecular weight excluding hydrogens is 396 g/mol. The minimum Gasteiger partial charge on any atom is -0.326 e. The summed E-state index contributed by atoms with van der Waals surface area (Å²) in [5.41, 5.74) is 5.90. The van der Waals surface area contributed by atoms with E-state index in [1.807, 2.05) is 6.08 Å². The Morgan fingerprint density at radius 3 is 2.75 bits per heavy atom. The summed E-state index contributed by atoms with van der Waals surface area (Å²) in [6.45, 7) is 6.42. The molecule has 6 nitrogen and oxygen atoms in total. The first-order valence-corrected chi connectivity index (χ1v) is 10.2. The Labute approximate surface area is 173 Å². The fourth-order valence-corrected chi connectivity index (χ4v) is 4.29. The summed E-state index contributed by atoms with van der Waals surface area (Å²) >= 11 is 7.08. The maximum Gasteiger partial charge on any atom is 0.240 e. The van der Waals surface area contributed by atoms with Crippen molar-refractivity contribution >= 4 is 46.0 Å². The van der Waals surface area contributed by atoms with Gasteiger partial charge in [-0.2, -0.15) is 0 Å². The van der Waals surface area contributed by atoms with Crippen LogP contribution in [0.5, 0.6) is 0 Å². The number of allylic oxidation sites excluding steroid dienone is 3. The van der Waals surface area contributed by atoms with Crippen molar-refractivity contribution in [1.29, 1.82) is 0 Å². The molecule has 3 rings (SSSR count). The van der Waals surface area contributed by atoms with E-state index in [1.165, 1.54) is 17.3 Å². The number of hydrogen-bond acceptors (Lipinski definition) is 5. The van der Waals surface area contributed by atoms with Crippen molar-refractivity contribution in [2.75, 3.05) is 5.32 Å². The van der Waals surface area contributed by atoms with E-state index in [1.54, 1.807) is 24.3 Å². The highest BCUT2D eigenvalue weighted by atomic mass is 35.5. The summed E-state index contributed by atoms with van der Waals surface area (Å²) in [6, 6.07) is 6.83. The number of amides is 2. The van der Waals surface area contributed by atoms with Crippen LogP contribution in [0.4, 0.5) is 5.69 Å². The second kappa shape index (κ2) is 8.41. The molecule has 1 aromatic rings. The SMILES string of the molecule is CC1=CC(N/N=C2\NC(=O)[C@@H](CC(=O)Nc3ccc(Cl)cc3)S2)=CC(C)(C)C1. The molecule has 1 aliphatic heterocycles. The molecule has 0 spiro atoms. The third-order valence-electron chi connectivity index (χ3n) is 4.24. The average molecular weight is 419 g/mol.